The number of nitrogens with zero attached hydrogens (tertiary/aromatic N) is 2. The molecule has 1 heterocycles. The van der Waals surface area contributed by atoms with E-state index in [1.807, 2.05) is 25.3 Å². The molecule has 0 radical (unpaired) electrons. The van der Waals surface area contributed by atoms with Crippen molar-refractivity contribution in [1.29, 1.82) is 0 Å². The number of aryl methyl sites for hydroxylation is 1. The number of anilines is 1. The molecule has 0 amide bonds. The zero-order chi connectivity index (χ0) is 14.5. The maximum atomic E-state index is 5.29. The largest absolute Gasteiger partial charge is 0.497 e. The van der Waals surface area contributed by atoms with Gasteiger partial charge in [-0.2, -0.15) is 0 Å². The molecule has 0 saturated carbocycles. The summed E-state index contributed by atoms with van der Waals surface area (Å²) in [6.07, 6.45) is 1.82. The molecule has 108 valence electrons. The molecule has 2 rings (SSSR count). The number of hydrogen-bond acceptors (Lipinski definition) is 4. The Morgan fingerprint density at radius 3 is 2.80 bits per heavy atom. The smallest absolute Gasteiger partial charge is 0.200 e. The van der Waals surface area contributed by atoms with Crippen LogP contribution in [-0.4, -0.2) is 42.6 Å². The summed E-state index contributed by atoms with van der Waals surface area (Å²) >= 11 is 0. The minimum absolute atomic E-state index is 0.246. The average molecular weight is 274 g/mol. The highest BCUT2D eigenvalue weighted by atomic mass is 16.5. The van der Waals surface area contributed by atoms with E-state index >= 15 is 0 Å². The molecule has 0 aliphatic carbocycles. The fourth-order valence-corrected chi connectivity index (χ4v) is 2.14. The third kappa shape index (κ3) is 3.51. The molecule has 2 N–H and O–H groups in total. The first-order valence-electron chi connectivity index (χ1n) is 6.66. The van der Waals surface area contributed by atoms with Crippen molar-refractivity contribution in [2.75, 3.05) is 33.1 Å². The minimum Gasteiger partial charge on any atom is -0.497 e. The molecule has 0 bridgehead atoms. The second-order valence-electron chi connectivity index (χ2n) is 5.05. The van der Waals surface area contributed by atoms with Gasteiger partial charge in [-0.25, -0.2) is 4.98 Å². The van der Waals surface area contributed by atoms with E-state index in [1.165, 1.54) is 5.56 Å². The summed E-state index contributed by atoms with van der Waals surface area (Å²) in [4.78, 5) is 9.62. The van der Waals surface area contributed by atoms with Crippen LogP contribution < -0.4 is 10.1 Å². The number of H-pyrrole nitrogens is 1. The van der Waals surface area contributed by atoms with E-state index in [-0.39, 0.29) is 6.04 Å². The van der Waals surface area contributed by atoms with Gasteiger partial charge in [0.25, 0.3) is 0 Å². The summed E-state index contributed by atoms with van der Waals surface area (Å²) in [6, 6.07) is 8.40. The predicted octanol–water partition coefficient (Wildman–Crippen LogP) is 2.44. The van der Waals surface area contributed by atoms with Gasteiger partial charge in [0.15, 0.2) is 5.95 Å². The Labute approximate surface area is 120 Å². The van der Waals surface area contributed by atoms with E-state index < -0.39 is 0 Å². The standard InChI is InChI=1S/C15H22N4O/c1-11-9-16-15(18-11)17-10-14(19(2)3)12-6-5-7-13(8-12)20-4/h5-9,14H,10H2,1-4H3,(H2,16,17,18). The van der Waals surface area contributed by atoms with Gasteiger partial charge in [0.05, 0.1) is 13.2 Å². The molecule has 0 aliphatic heterocycles. The van der Waals surface area contributed by atoms with Crippen LogP contribution in [0.4, 0.5) is 5.95 Å². The van der Waals surface area contributed by atoms with Crippen LogP contribution in [0.1, 0.15) is 17.3 Å². The van der Waals surface area contributed by atoms with Crippen LogP contribution in [0.25, 0.3) is 0 Å². The van der Waals surface area contributed by atoms with E-state index in [4.69, 9.17) is 4.74 Å². The van der Waals surface area contributed by atoms with Crippen LogP contribution in [0.3, 0.4) is 0 Å². The number of nitrogens with one attached hydrogen (secondary N) is 2. The Bertz CT molecular complexity index is 550. The lowest BCUT2D eigenvalue weighted by atomic mass is 10.1. The first kappa shape index (κ1) is 14.4. The number of benzene rings is 1. The summed E-state index contributed by atoms with van der Waals surface area (Å²) < 4.78 is 5.29. The summed E-state index contributed by atoms with van der Waals surface area (Å²) in [5, 5.41) is 3.33. The van der Waals surface area contributed by atoms with Crippen molar-refractivity contribution in [3.8, 4) is 5.75 Å². The number of aromatic nitrogens is 2. The first-order chi connectivity index (χ1) is 9.60. The van der Waals surface area contributed by atoms with Crippen molar-refractivity contribution in [3.63, 3.8) is 0 Å². The average Bonchev–Trinajstić information content (AvgIpc) is 2.84. The molecule has 0 spiro atoms. The van der Waals surface area contributed by atoms with Crippen molar-refractivity contribution in [1.82, 2.24) is 14.9 Å². The molecule has 0 fully saturated rings. The Morgan fingerprint density at radius 2 is 2.20 bits per heavy atom. The molecular formula is C15H22N4O. The number of methoxy groups -OCH3 is 1. The monoisotopic (exact) mass is 274 g/mol. The summed E-state index contributed by atoms with van der Waals surface area (Å²) in [6.45, 7) is 2.76. The second kappa shape index (κ2) is 6.43. The summed E-state index contributed by atoms with van der Waals surface area (Å²) in [5.74, 6) is 1.68. The van der Waals surface area contributed by atoms with Crippen LogP contribution in [-0.2, 0) is 0 Å². The fourth-order valence-electron chi connectivity index (χ4n) is 2.14. The number of imidazole rings is 1. The van der Waals surface area contributed by atoms with Gasteiger partial charge in [-0.15, -0.1) is 0 Å². The third-order valence-electron chi connectivity index (χ3n) is 3.27. The zero-order valence-electron chi connectivity index (χ0n) is 12.5. The highest BCUT2D eigenvalue weighted by Gasteiger charge is 2.15. The van der Waals surface area contributed by atoms with Gasteiger partial charge in [-0.1, -0.05) is 12.1 Å². The van der Waals surface area contributed by atoms with E-state index in [1.54, 1.807) is 7.11 Å². The normalized spacial score (nSPS) is 12.4. The Kier molecular flexibility index (Phi) is 4.63. The maximum Gasteiger partial charge on any atom is 0.200 e. The van der Waals surface area contributed by atoms with Crippen LogP contribution in [0.5, 0.6) is 5.75 Å². The molecule has 5 nitrogen and oxygen atoms in total. The van der Waals surface area contributed by atoms with Gasteiger partial charge in [-0.05, 0) is 38.7 Å². The lowest BCUT2D eigenvalue weighted by Gasteiger charge is -2.25. The fraction of sp³-hybridized carbons (Fsp3) is 0.400. The van der Waals surface area contributed by atoms with Gasteiger partial charge < -0.3 is 19.9 Å². The molecular weight excluding hydrogens is 252 g/mol. The summed E-state index contributed by atoms with van der Waals surface area (Å²) in [7, 11) is 5.83. The highest BCUT2D eigenvalue weighted by Crippen LogP contribution is 2.22. The Balaban J connectivity index is 2.10. The van der Waals surface area contributed by atoms with Gasteiger partial charge in [0.2, 0.25) is 0 Å². The molecule has 2 aromatic rings. The first-order valence-corrected chi connectivity index (χ1v) is 6.66. The maximum absolute atomic E-state index is 5.29. The zero-order valence-corrected chi connectivity index (χ0v) is 12.5. The van der Waals surface area contributed by atoms with Crippen LogP contribution in [0.15, 0.2) is 30.5 Å². The quantitative estimate of drug-likeness (QED) is 0.849. The number of likely N-dealkylation sites (N-methyl/N-ethyl adjacent to an activating group) is 1. The van der Waals surface area contributed by atoms with E-state index in [2.05, 4.69) is 46.4 Å². The van der Waals surface area contributed by atoms with Gasteiger partial charge >= 0.3 is 0 Å². The molecule has 0 aliphatic rings. The lowest BCUT2D eigenvalue weighted by molar-refractivity contribution is 0.310. The summed E-state index contributed by atoms with van der Waals surface area (Å²) in [5.41, 5.74) is 2.26. The van der Waals surface area contributed by atoms with Crippen molar-refractivity contribution >= 4 is 5.95 Å². The second-order valence-corrected chi connectivity index (χ2v) is 5.05. The number of hydrogen-bond donors (Lipinski definition) is 2. The number of rotatable bonds is 6. The molecule has 20 heavy (non-hydrogen) atoms. The van der Waals surface area contributed by atoms with Crippen molar-refractivity contribution in [3.05, 3.63) is 41.7 Å². The number of aromatic amines is 1. The van der Waals surface area contributed by atoms with Crippen LogP contribution in [0.2, 0.25) is 0 Å². The highest BCUT2D eigenvalue weighted by molar-refractivity contribution is 5.33. The van der Waals surface area contributed by atoms with Gasteiger partial charge in [0.1, 0.15) is 5.75 Å². The van der Waals surface area contributed by atoms with Gasteiger partial charge in [-0.3, -0.25) is 0 Å². The van der Waals surface area contributed by atoms with E-state index in [0.717, 1.165) is 23.9 Å². The van der Waals surface area contributed by atoms with Crippen molar-refractivity contribution < 1.29 is 4.74 Å². The van der Waals surface area contributed by atoms with Crippen molar-refractivity contribution in [2.24, 2.45) is 0 Å². The molecule has 1 aromatic heterocycles. The van der Waals surface area contributed by atoms with Crippen molar-refractivity contribution in [2.45, 2.75) is 13.0 Å². The number of ether oxygens (including phenoxy) is 1. The van der Waals surface area contributed by atoms with Crippen LogP contribution in [0, 0.1) is 6.92 Å². The molecule has 0 saturated heterocycles. The third-order valence-corrected chi connectivity index (χ3v) is 3.27. The lowest BCUT2D eigenvalue weighted by Crippen LogP contribution is -2.27. The minimum atomic E-state index is 0.246. The van der Waals surface area contributed by atoms with Crippen LogP contribution >= 0.6 is 0 Å². The van der Waals surface area contributed by atoms with Gasteiger partial charge in [0, 0.05) is 18.4 Å². The predicted molar refractivity (Wildman–Crippen MR) is 81.2 cm³/mol. The molecule has 1 aromatic carbocycles. The molecule has 1 unspecified atom stereocenters. The SMILES string of the molecule is COc1cccc(C(CNc2ncc(C)[nH]2)N(C)C)c1. The Hall–Kier alpha value is -2.01. The topological polar surface area (TPSA) is 53.2 Å². The Morgan fingerprint density at radius 1 is 1.40 bits per heavy atom. The van der Waals surface area contributed by atoms with E-state index in [9.17, 15) is 0 Å². The molecule has 1 atom stereocenters. The van der Waals surface area contributed by atoms with E-state index in [0.29, 0.717) is 0 Å². The molecule has 5 heteroatoms.